The lowest BCUT2D eigenvalue weighted by molar-refractivity contribution is -0.141. The van der Waals surface area contributed by atoms with Crippen molar-refractivity contribution < 1.29 is 23.1 Å². The van der Waals surface area contributed by atoms with Gasteiger partial charge in [0.1, 0.15) is 0 Å². The van der Waals surface area contributed by atoms with E-state index in [2.05, 4.69) is 5.32 Å². The largest absolute Gasteiger partial charge is 0.481 e. The summed E-state index contributed by atoms with van der Waals surface area (Å²) in [5.74, 6) is -1.73. The Morgan fingerprint density at radius 3 is 2.27 bits per heavy atom. The molecule has 1 aromatic carbocycles. The van der Waals surface area contributed by atoms with Crippen LogP contribution in [0.25, 0.3) is 0 Å². The Kier molecular flexibility index (Phi) is 4.82. The van der Waals surface area contributed by atoms with Crippen molar-refractivity contribution in [3.05, 3.63) is 29.8 Å². The Bertz CT molecular complexity index is 669. The van der Waals surface area contributed by atoms with Crippen molar-refractivity contribution in [3.63, 3.8) is 0 Å². The fourth-order valence-corrected chi connectivity index (χ4v) is 3.09. The predicted octanol–water partition coefficient (Wildman–Crippen LogP) is 0.451. The van der Waals surface area contributed by atoms with Crippen LogP contribution in [0.3, 0.4) is 0 Å². The quantitative estimate of drug-likeness (QED) is 0.724. The number of nitrogens with two attached hydrogens (primary N) is 1. The van der Waals surface area contributed by atoms with Crippen molar-refractivity contribution in [1.29, 1.82) is 0 Å². The minimum atomic E-state index is -3.72. The number of rotatable bonds is 5. The van der Waals surface area contributed by atoms with Crippen LogP contribution in [0.1, 0.15) is 24.8 Å². The van der Waals surface area contributed by atoms with Crippen molar-refractivity contribution in [3.8, 4) is 0 Å². The topological polar surface area (TPSA) is 127 Å². The SMILES string of the molecule is NS(=O)(=O)c1ccc(CNC(=O)[C@@H]2CC[C@H](C(=O)O)C2)cc1. The molecule has 0 unspecified atom stereocenters. The van der Waals surface area contributed by atoms with Gasteiger partial charge in [-0.05, 0) is 37.0 Å². The first kappa shape index (κ1) is 16.4. The number of sulfonamides is 1. The van der Waals surface area contributed by atoms with Gasteiger partial charge in [0, 0.05) is 12.5 Å². The van der Waals surface area contributed by atoms with Gasteiger partial charge in [0.25, 0.3) is 0 Å². The molecular weight excluding hydrogens is 308 g/mol. The monoisotopic (exact) mass is 326 g/mol. The second kappa shape index (κ2) is 6.45. The summed E-state index contributed by atoms with van der Waals surface area (Å²) in [6.07, 6.45) is 1.47. The molecule has 1 saturated carbocycles. The van der Waals surface area contributed by atoms with Crippen LogP contribution in [-0.4, -0.2) is 25.4 Å². The van der Waals surface area contributed by atoms with Crippen LogP contribution < -0.4 is 10.5 Å². The minimum absolute atomic E-state index is 0.0164. The van der Waals surface area contributed by atoms with Crippen molar-refractivity contribution in [2.75, 3.05) is 0 Å². The molecule has 7 nitrogen and oxygen atoms in total. The van der Waals surface area contributed by atoms with E-state index in [0.717, 1.165) is 5.56 Å². The highest BCUT2D eigenvalue weighted by atomic mass is 32.2. The first-order valence-electron chi connectivity index (χ1n) is 6.89. The van der Waals surface area contributed by atoms with Gasteiger partial charge in [-0.15, -0.1) is 0 Å². The van der Waals surface area contributed by atoms with E-state index in [9.17, 15) is 18.0 Å². The molecule has 2 rings (SSSR count). The highest BCUT2D eigenvalue weighted by Crippen LogP contribution is 2.31. The van der Waals surface area contributed by atoms with Gasteiger partial charge >= 0.3 is 5.97 Å². The first-order valence-corrected chi connectivity index (χ1v) is 8.44. The van der Waals surface area contributed by atoms with Crippen LogP contribution >= 0.6 is 0 Å². The lowest BCUT2D eigenvalue weighted by Gasteiger charge is -2.11. The van der Waals surface area contributed by atoms with Crippen molar-refractivity contribution in [1.82, 2.24) is 5.32 Å². The van der Waals surface area contributed by atoms with Crippen LogP contribution in [0, 0.1) is 11.8 Å². The molecule has 0 radical (unpaired) electrons. The summed E-state index contributed by atoms with van der Waals surface area (Å²) in [6.45, 7) is 0.262. The molecule has 1 fully saturated rings. The molecule has 8 heteroatoms. The van der Waals surface area contributed by atoms with Gasteiger partial charge < -0.3 is 10.4 Å². The average Bonchev–Trinajstić information content (AvgIpc) is 2.94. The van der Waals surface area contributed by atoms with Crippen molar-refractivity contribution >= 4 is 21.9 Å². The summed E-state index contributed by atoms with van der Waals surface area (Å²) in [5, 5.41) is 16.7. The highest BCUT2D eigenvalue weighted by molar-refractivity contribution is 7.89. The van der Waals surface area contributed by atoms with Gasteiger partial charge in [-0.3, -0.25) is 9.59 Å². The minimum Gasteiger partial charge on any atom is -0.481 e. The lowest BCUT2D eigenvalue weighted by Crippen LogP contribution is -2.29. The smallest absolute Gasteiger partial charge is 0.306 e. The standard InChI is InChI=1S/C14H18N2O5S/c15-22(20,21)12-5-1-9(2-6-12)8-16-13(17)10-3-4-11(7-10)14(18)19/h1-2,5-6,10-11H,3-4,7-8H2,(H,16,17)(H,18,19)(H2,15,20,21)/t10-,11+/m1/s1. The number of carbonyl (C=O) groups excluding carboxylic acids is 1. The van der Waals surface area contributed by atoms with Crippen LogP contribution in [0.2, 0.25) is 0 Å². The Balaban J connectivity index is 1.88. The molecule has 4 N–H and O–H groups in total. The molecule has 1 aliphatic rings. The lowest BCUT2D eigenvalue weighted by atomic mass is 10.0. The van der Waals surface area contributed by atoms with Crippen LogP contribution in [0.5, 0.6) is 0 Å². The summed E-state index contributed by atoms with van der Waals surface area (Å²) in [6, 6.07) is 5.92. The van der Waals surface area contributed by atoms with E-state index >= 15 is 0 Å². The fourth-order valence-electron chi connectivity index (χ4n) is 2.57. The number of carbonyl (C=O) groups is 2. The Morgan fingerprint density at radius 1 is 1.18 bits per heavy atom. The molecule has 0 heterocycles. The number of amides is 1. The van der Waals surface area contributed by atoms with E-state index in [0.29, 0.717) is 19.3 Å². The van der Waals surface area contributed by atoms with E-state index in [1.807, 2.05) is 0 Å². The summed E-state index contributed by atoms with van der Waals surface area (Å²) < 4.78 is 22.3. The third kappa shape index (κ3) is 4.05. The van der Waals surface area contributed by atoms with Crippen LogP contribution in [0.15, 0.2) is 29.2 Å². The van der Waals surface area contributed by atoms with Gasteiger partial charge in [0.15, 0.2) is 0 Å². The summed E-state index contributed by atoms with van der Waals surface area (Å²) in [4.78, 5) is 22.9. The maximum absolute atomic E-state index is 12.0. The zero-order valence-electron chi connectivity index (χ0n) is 11.9. The molecule has 2 atom stereocenters. The number of aliphatic carboxylic acids is 1. The zero-order valence-corrected chi connectivity index (χ0v) is 12.7. The second-order valence-corrected chi connectivity index (χ2v) is 7.01. The maximum Gasteiger partial charge on any atom is 0.306 e. The maximum atomic E-state index is 12.0. The molecule has 120 valence electrons. The fraction of sp³-hybridized carbons (Fsp3) is 0.429. The van der Waals surface area contributed by atoms with Gasteiger partial charge in [-0.2, -0.15) is 0 Å². The normalized spacial score (nSPS) is 21.5. The molecule has 1 aliphatic carbocycles. The Labute approximate surface area is 128 Å². The summed E-state index contributed by atoms with van der Waals surface area (Å²) >= 11 is 0. The van der Waals surface area contributed by atoms with E-state index < -0.39 is 21.9 Å². The van der Waals surface area contributed by atoms with E-state index in [-0.39, 0.29) is 23.3 Å². The van der Waals surface area contributed by atoms with Crippen molar-refractivity contribution in [2.45, 2.75) is 30.7 Å². The molecule has 0 aromatic heterocycles. The Hall–Kier alpha value is -1.93. The summed E-state index contributed by atoms with van der Waals surface area (Å²) in [5.41, 5.74) is 0.744. The second-order valence-electron chi connectivity index (χ2n) is 5.45. The number of primary sulfonamides is 1. The highest BCUT2D eigenvalue weighted by Gasteiger charge is 2.33. The number of hydrogen-bond acceptors (Lipinski definition) is 4. The number of hydrogen-bond donors (Lipinski definition) is 3. The number of nitrogens with one attached hydrogen (secondary N) is 1. The number of benzene rings is 1. The van der Waals surface area contributed by atoms with Crippen LogP contribution in [0.4, 0.5) is 0 Å². The zero-order chi connectivity index (χ0) is 16.3. The molecule has 0 saturated heterocycles. The van der Waals surface area contributed by atoms with Gasteiger partial charge in [0.2, 0.25) is 15.9 Å². The molecule has 22 heavy (non-hydrogen) atoms. The van der Waals surface area contributed by atoms with Gasteiger partial charge in [-0.1, -0.05) is 12.1 Å². The molecular formula is C14H18N2O5S. The summed E-state index contributed by atoms with van der Waals surface area (Å²) in [7, 11) is -3.72. The average molecular weight is 326 g/mol. The molecule has 0 bridgehead atoms. The first-order chi connectivity index (χ1) is 10.3. The molecule has 1 aromatic rings. The van der Waals surface area contributed by atoms with E-state index in [1.54, 1.807) is 12.1 Å². The molecule has 1 amide bonds. The van der Waals surface area contributed by atoms with Gasteiger partial charge in [0.05, 0.1) is 10.8 Å². The van der Waals surface area contributed by atoms with Gasteiger partial charge in [-0.25, -0.2) is 13.6 Å². The number of carboxylic acids is 1. The van der Waals surface area contributed by atoms with E-state index in [4.69, 9.17) is 10.2 Å². The molecule has 0 aliphatic heterocycles. The van der Waals surface area contributed by atoms with E-state index in [1.165, 1.54) is 12.1 Å². The molecule has 0 spiro atoms. The van der Waals surface area contributed by atoms with Crippen molar-refractivity contribution in [2.24, 2.45) is 17.0 Å². The Morgan fingerprint density at radius 2 is 1.77 bits per heavy atom. The third-order valence-electron chi connectivity index (χ3n) is 3.87. The van der Waals surface area contributed by atoms with Crippen LogP contribution in [-0.2, 0) is 26.2 Å². The third-order valence-corrected chi connectivity index (χ3v) is 4.80. The number of carboxylic acid groups (broad SMARTS) is 1. The predicted molar refractivity (Wildman–Crippen MR) is 78.1 cm³/mol.